The lowest BCUT2D eigenvalue weighted by Gasteiger charge is -2.21. The van der Waals surface area contributed by atoms with Crippen LogP contribution in [0.25, 0.3) is 0 Å². The second kappa shape index (κ2) is 6.28. The minimum absolute atomic E-state index is 0.293. The highest BCUT2D eigenvalue weighted by molar-refractivity contribution is 5.76. The molecule has 3 N–H and O–H groups in total. The highest BCUT2D eigenvalue weighted by atomic mass is 16.1. The molecule has 17 heavy (non-hydrogen) atoms. The van der Waals surface area contributed by atoms with E-state index in [2.05, 4.69) is 26.1 Å². The van der Waals surface area contributed by atoms with Crippen molar-refractivity contribution in [3.8, 4) is 0 Å². The fraction of sp³-hybridized carbons (Fsp3) is 0.500. The highest BCUT2D eigenvalue weighted by Gasteiger charge is 2.09. The molecule has 2 atom stereocenters. The molecule has 3 nitrogen and oxygen atoms in total. The molecular formula is C14H22N2O. The van der Waals surface area contributed by atoms with Gasteiger partial charge in [0.25, 0.3) is 0 Å². The van der Waals surface area contributed by atoms with Crippen LogP contribution in [0.15, 0.2) is 24.3 Å². The lowest BCUT2D eigenvalue weighted by atomic mass is 10.0. The van der Waals surface area contributed by atoms with Crippen LogP contribution in [0.3, 0.4) is 0 Å². The molecule has 0 fully saturated rings. The Morgan fingerprint density at radius 1 is 1.29 bits per heavy atom. The largest absolute Gasteiger partial charge is 0.382 e. The van der Waals surface area contributed by atoms with E-state index >= 15 is 0 Å². The van der Waals surface area contributed by atoms with E-state index in [1.165, 1.54) is 0 Å². The maximum atomic E-state index is 10.8. The average molecular weight is 234 g/mol. The first-order chi connectivity index (χ1) is 8.02. The number of anilines is 1. The first-order valence-electron chi connectivity index (χ1n) is 6.16. The smallest absolute Gasteiger partial charge is 0.221 e. The Hall–Kier alpha value is -1.51. The molecule has 0 saturated heterocycles. The number of carbonyl (C=O) groups is 1. The maximum absolute atomic E-state index is 10.8. The van der Waals surface area contributed by atoms with Crippen molar-refractivity contribution in [3.05, 3.63) is 29.8 Å². The Morgan fingerprint density at radius 2 is 1.88 bits per heavy atom. The molecule has 0 bridgehead atoms. The van der Waals surface area contributed by atoms with Gasteiger partial charge in [0.05, 0.1) is 6.42 Å². The summed E-state index contributed by atoms with van der Waals surface area (Å²) in [6, 6.07) is 8.32. The number of amides is 1. The Balaban J connectivity index is 2.59. The first kappa shape index (κ1) is 13.6. The van der Waals surface area contributed by atoms with Gasteiger partial charge in [-0.3, -0.25) is 4.79 Å². The van der Waals surface area contributed by atoms with Gasteiger partial charge in [-0.2, -0.15) is 0 Å². The van der Waals surface area contributed by atoms with Gasteiger partial charge in [0.15, 0.2) is 0 Å². The Labute approximate surface area is 103 Å². The lowest BCUT2D eigenvalue weighted by molar-refractivity contribution is -0.117. The van der Waals surface area contributed by atoms with Crippen LogP contribution in [0.1, 0.15) is 32.8 Å². The van der Waals surface area contributed by atoms with Crippen molar-refractivity contribution in [2.45, 2.75) is 39.7 Å². The fourth-order valence-corrected chi connectivity index (χ4v) is 1.68. The van der Waals surface area contributed by atoms with Crippen LogP contribution in [-0.2, 0) is 11.2 Å². The normalized spacial score (nSPS) is 14.1. The lowest BCUT2D eigenvalue weighted by Crippen LogP contribution is -2.23. The highest BCUT2D eigenvalue weighted by Crippen LogP contribution is 2.15. The van der Waals surface area contributed by atoms with Crippen molar-refractivity contribution in [1.82, 2.24) is 0 Å². The zero-order valence-electron chi connectivity index (χ0n) is 10.9. The van der Waals surface area contributed by atoms with E-state index in [-0.39, 0.29) is 5.91 Å². The van der Waals surface area contributed by atoms with Gasteiger partial charge >= 0.3 is 0 Å². The van der Waals surface area contributed by atoms with Gasteiger partial charge in [-0.15, -0.1) is 0 Å². The summed E-state index contributed by atoms with van der Waals surface area (Å²) in [5, 5.41) is 3.46. The average Bonchev–Trinajstić information content (AvgIpc) is 2.30. The monoisotopic (exact) mass is 234 g/mol. The van der Waals surface area contributed by atoms with Crippen molar-refractivity contribution < 1.29 is 4.79 Å². The van der Waals surface area contributed by atoms with Gasteiger partial charge < -0.3 is 11.1 Å². The second-order valence-corrected chi connectivity index (χ2v) is 4.66. The summed E-state index contributed by atoms with van der Waals surface area (Å²) in [6.45, 7) is 6.61. The third kappa shape index (κ3) is 4.47. The molecule has 3 heteroatoms. The van der Waals surface area contributed by atoms with Crippen molar-refractivity contribution in [2.24, 2.45) is 11.7 Å². The summed E-state index contributed by atoms with van der Waals surface area (Å²) in [7, 11) is 0. The molecule has 0 radical (unpaired) electrons. The van der Waals surface area contributed by atoms with Gasteiger partial charge in [0.2, 0.25) is 5.91 Å². The number of hydrogen-bond donors (Lipinski definition) is 2. The minimum Gasteiger partial charge on any atom is -0.382 e. The Morgan fingerprint density at radius 3 is 2.35 bits per heavy atom. The third-order valence-electron chi connectivity index (χ3n) is 3.22. The molecule has 0 aromatic heterocycles. The molecule has 0 aliphatic rings. The predicted octanol–water partition coefficient (Wildman–Crippen LogP) is 2.56. The van der Waals surface area contributed by atoms with E-state index in [4.69, 9.17) is 5.73 Å². The van der Waals surface area contributed by atoms with Crippen LogP contribution in [0.4, 0.5) is 5.69 Å². The molecule has 1 rings (SSSR count). The number of nitrogens with one attached hydrogen (secondary N) is 1. The van der Waals surface area contributed by atoms with Crippen LogP contribution in [-0.4, -0.2) is 11.9 Å². The number of nitrogens with two attached hydrogens (primary N) is 1. The van der Waals surface area contributed by atoms with E-state index in [1.807, 2.05) is 24.3 Å². The standard InChI is InChI=1S/C14H22N2O/c1-4-10(2)11(3)16-13-7-5-12(6-8-13)9-14(15)17/h5-8,10-11,16H,4,9H2,1-3H3,(H2,15,17). The number of benzene rings is 1. The molecule has 0 heterocycles. The molecule has 1 amide bonds. The van der Waals surface area contributed by atoms with E-state index in [0.29, 0.717) is 18.4 Å². The van der Waals surface area contributed by atoms with E-state index in [9.17, 15) is 4.79 Å². The molecule has 1 aromatic carbocycles. The summed E-state index contributed by atoms with van der Waals surface area (Å²) < 4.78 is 0. The molecule has 0 saturated carbocycles. The molecule has 2 unspecified atom stereocenters. The Bertz CT molecular complexity index is 359. The van der Waals surface area contributed by atoms with Gasteiger partial charge in [-0.25, -0.2) is 0 Å². The van der Waals surface area contributed by atoms with Crippen molar-refractivity contribution in [3.63, 3.8) is 0 Å². The zero-order chi connectivity index (χ0) is 12.8. The maximum Gasteiger partial charge on any atom is 0.221 e. The van der Waals surface area contributed by atoms with E-state index in [0.717, 1.165) is 17.7 Å². The molecule has 1 aromatic rings. The first-order valence-corrected chi connectivity index (χ1v) is 6.16. The van der Waals surface area contributed by atoms with Crippen molar-refractivity contribution >= 4 is 11.6 Å². The SMILES string of the molecule is CCC(C)C(C)Nc1ccc(CC(N)=O)cc1. The molecule has 0 spiro atoms. The minimum atomic E-state index is -0.293. The zero-order valence-corrected chi connectivity index (χ0v) is 10.9. The van der Waals surface area contributed by atoms with Crippen LogP contribution in [0, 0.1) is 5.92 Å². The number of hydrogen-bond acceptors (Lipinski definition) is 2. The summed E-state index contributed by atoms with van der Waals surface area (Å²) in [5.41, 5.74) is 7.19. The van der Waals surface area contributed by atoms with Crippen molar-refractivity contribution in [1.29, 1.82) is 0 Å². The molecule has 0 aliphatic heterocycles. The number of primary amides is 1. The van der Waals surface area contributed by atoms with Crippen LogP contribution < -0.4 is 11.1 Å². The summed E-state index contributed by atoms with van der Waals surface area (Å²) >= 11 is 0. The Kier molecular flexibility index (Phi) is 5.01. The van der Waals surface area contributed by atoms with Gasteiger partial charge in [0.1, 0.15) is 0 Å². The van der Waals surface area contributed by atoms with Crippen LogP contribution >= 0.6 is 0 Å². The molecule has 94 valence electrons. The topological polar surface area (TPSA) is 55.1 Å². The molecular weight excluding hydrogens is 212 g/mol. The van der Waals surface area contributed by atoms with Crippen LogP contribution in [0.5, 0.6) is 0 Å². The second-order valence-electron chi connectivity index (χ2n) is 4.66. The number of rotatable bonds is 6. The quantitative estimate of drug-likeness (QED) is 0.794. The summed E-state index contributed by atoms with van der Waals surface area (Å²) in [5.74, 6) is 0.346. The van der Waals surface area contributed by atoms with E-state index < -0.39 is 0 Å². The van der Waals surface area contributed by atoms with E-state index in [1.54, 1.807) is 0 Å². The predicted molar refractivity (Wildman–Crippen MR) is 71.9 cm³/mol. The van der Waals surface area contributed by atoms with Gasteiger partial charge in [0, 0.05) is 11.7 Å². The molecule has 0 aliphatic carbocycles. The van der Waals surface area contributed by atoms with Crippen molar-refractivity contribution in [2.75, 3.05) is 5.32 Å². The van der Waals surface area contributed by atoms with Gasteiger partial charge in [-0.1, -0.05) is 32.4 Å². The van der Waals surface area contributed by atoms with Gasteiger partial charge in [-0.05, 0) is 30.5 Å². The fourth-order valence-electron chi connectivity index (χ4n) is 1.68. The number of carbonyl (C=O) groups excluding carboxylic acids is 1. The third-order valence-corrected chi connectivity index (χ3v) is 3.22. The summed E-state index contributed by atoms with van der Waals surface area (Å²) in [6.07, 6.45) is 1.47. The van der Waals surface area contributed by atoms with Crippen LogP contribution in [0.2, 0.25) is 0 Å². The summed E-state index contributed by atoms with van der Waals surface area (Å²) in [4.78, 5) is 10.8.